The lowest BCUT2D eigenvalue weighted by Crippen LogP contribution is -2.40. The van der Waals surface area contributed by atoms with Crippen LogP contribution in [0.1, 0.15) is 38.7 Å². The molecule has 28 heavy (non-hydrogen) atoms. The first-order chi connectivity index (χ1) is 13.2. The van der Waals surface area contributed by atoms with Crippen LogP contribution in [-0.4, -0.2) is 62.1 Å². The first kappa shape index (κ1) is 22.8. The van der Waals surface area contributed by atoms with Gasteiger partial charge in [-0.2, -0.15) is 0 Å². The van der Waals surface area contributed by atoms with Crippen molar-refractivity contribution in [2.45, 2.75) is 45.6 Å². The molecule has 0 bridgehead atoms. The molecule has 2 heterocycles. The van der Waals surface area contributed by atoms with Crippen LogP contribution in [0.4, 0.5) is 5.69 Å². The van der Waals surface area contributed by atoms with E-state index in [-0.39, 0.29) is 24.0 Å². The average Bonchev–Trinajstić information content (AvgIpc) is 3.29. The standard InChI is InChI=1S/C21H33N5O.HI/c1-3-22-21(23-12-7-14-25-13-6-10-20(25)27)24-16-17(2)26-15-11-18-8-4-5-9-19(18)26;/h4-5,8-9,17H,3,6-7,10-16H2,1-2H3,(H2,22,23,24);1H. The Hall–Kier alpha value is -1.51. The fourth-order valence-corrected chi connectivity index (χ4v) is 3.90. The van der Waals surface area contributed by atoms with E-state index in [1.165, 1.54) is 11.3 Å². The minimum absolute atomic E-state index is 0. The van der Waals surface area contributed by atoms with Crippen molar-refractivity contribution < 1.29 is 4.79 Å². The van der Waals surface area contributed by atoms with Crippen molar-refractivity contribution in [2.24, 2.45) is 4.99 Å². The maximum atomic E-state index is 11.7. The van der Waals surface area contributed by atoms with Crippen molar-refractivity contribution in [3.63, 3.8) is 0 Å². The topological polar surface area (TPSA) is 60.0 Å². The van der Waals surface area contributed by atoms with E-state index in [9.17, 15) is 4.79 Å². The number of nitrogens with one attached hydrogen (secondary N) is 2. The molecule has 6 nitrogen and oxygen atoms in total. The van der Waals surface area contributed by atoms with E-state index in [1.54, 1.807) is 0 Å². The van der Waals surface area contributed by atoms with Gasteiger partial charge in [-0.1, -0.05) is 18.2 Å². The summed E-state index contributed by atoms with van der Waals surface area (Å²) in [5.74, 6) is 1.17. The van der Waals surface area contributed by atoms with Crippen LogP contribution in [0.2, 0.25) is 0 Å². The Balaban J connectivity index is 0.00000280. The third kappa shape index (κ3) is 5.99. The van der Waals surface area contributed by atoms with Crippen molar-refractivity contribution in [1.29, 1.82) is 0 Å². The van der Waals surface area contributed by atoms with Crippen molar-refractivity contribution in [3.05, 3.63) is 29.8 Å². The highest BCUT2D eigenvalue weighted by atomic mass is 127. The Labute approximate surface area is 186 Å². The first-order valence-corrected chi connectivity index (χ1v) is 10.3. The fraction of sp³-hybridized carbons (Fsp3) is 0.619. The van der Waals surface area contributed by atoms with E-state index in [0.29, 0.717) is 11.9 Å². The highest BCUT2D eigenvalue weighted by molar-refractivity contribution is 14.0. The Morgan fingerprint density at radius 3 is 2.79 bits per heavy atom. The number of carbonyl (C=O) groups excluding carboxylic acids is 1. The number of rotatable bonds is 8. The molecule has 3 rings (SSSR count). The molecule has 156 valence electrons. The van der Waals surface area contributed by atoms with Gasteiger partial charge in [0, 0.05) is 50.9 Å². The maximum Gasteiger partial charge on any atom is 0.222 e. The van der Waals surface area contributed by atoms with E-state index in [2.05, 4.69) is 53.6 Å². The van der Waals surface area contributed by atoms with Gasteiger partial charge >= 0.3 is 0 Å². The minimum atomic E-state index is 0. The summed E-state index contributed by atoms with van der Waals surface area (Å²) in [4.78, 5) is 20.9. The quantitative estimate of drug-likeness (QED) is 0.250. The number of hydrogen-bond donors (Lipinski definition) is 2. The van der Waals surface area contributed by atoms with Gasteiger partial charge in [0.2, 0.25) is 5.91 Å². The Morgan fingerprint density at radius 1 is 1.21 bits per heavy atom. The largest absolute Gasteiger partial charge is 0.366 e. The summed E-state index contributed by atoms with van der Waals surface area (Å²) >= 11 is 0. The highest BCUT2D eigenvalue weighted by Crippen LogP contribution is 2.29. The van der Waals surface area contributed by atoms with Crippen LogP contribution in [0.5, 0.6) is 0 Å². The Kier molecular flexibility index (Phi) is 9.34. The number of halogens is 1. The maximum absolute atomic E-state index is 11.7. The van der Waals surface area contributed by atoms with Crippen LogP contribution in [-0.2, 0) is 11.2 Å². The van der Waals surface area contributed by atoms with Crippen LogP contribution in [0.15, 0.2) is 29.3 Å². The number of para-hydroxylation sites is 1. The molecule has 1 unspecified atom stereocenters. The van der Waals surface area contributed by atoms with Crippen molar-refractivity contribution in [3.8, 4) is 0 Å². The van der Waals surface area contributed by atoms with Gasteiger partial charge in [-0.05, 0) is 44.7 Å². The number of amides is 1. The molecule has 1 aromatic carbocycles. The van der Waals surface area contributed by atoms with Crippen LogP contribution < -0.4 is 15.5 Å². The van der Waals surface area contributed by atoms with Gasteiger partial charge in [0.1, 0.15) is 0 Å². The molecule has 2 N–H and O–H groups in total. The summed E-state index contributed by atoms with van der Waals surface area (Å²) in [7, 11) is 0. The number of fused-ring (bicyclic) bond motifs is 1. The highest BCUT2D eigenvalue weighted by Gasteiger charge is 2.22. The zero-order valence-electron chi connectivity index (χ0n) is 17.1. The number of likely N-dealkylation sites (tertiary alicyclic amines) is 1. The van der Waals surface area contributed by atoms with Crippen LogP contribution in [0.3, 0.4) is 0 Å². The number of hydrogen-bond acceptors (Lipinski definition) is 3. The molecule has 1 amide bonds. The van der Waals surface area contributed by atoms with Gasteiger partial charge in [0.25, 0.3) is 0 Å². The molecule has 0 aliphatic carbocycles. The number of anilines is 1. The second kappa shape index (κ2) is 11.5. The molecule has 0 spiro atoms. The molecule has 0 aromatic heterocycles. The number of benzene rings is 1. The van der Waals surface area contributed by atoms with E-state index in [0.717, 1.165) is 70.9 Å². The summed E-state index contributed by atoms with van der Waals surface area (Å²) in [5, 5.41) is 6.73. The SMILES string of the molecule is CCNC(=NCC(C)N1CCc2ccccc21)NCCCN1CCCC1=O.I. The van der Waals surface area contributed by atoms with Gasteiger partial charge in [0.15, 0.2) is 5.96 Å². The molecular formula is C21H34IN5O. The van der Waals surface area contributed by atoms with Crippen LogP contribution in [0.25, 0.3) is 0 Å². The average molecular weight is 499 g/mol. The summed E-state index contributed by atoms with van der Waals surface area (Å²) in [6.07, 6.45) is 3.80. The predicted octanol–water partition coefficient (Wildman–Crippen LogP) is 2.62. The molecule has 1 saturated heterocycles. The van der Waals surface area contributed by atoms with Gasteiger partial charge in [0.05, 0.1) is 6.54 Å². The Morgan fingerprint density at radius 2 is 2.04 bits per heavy atom. The van der Waals surface area contributed by atoms with Gasteiger partial charge in [-0.25, -0.2) is 0 Å². The molecule has 7 heteroatoms. The van der Waals surface area contributed by atoms with Gasteiger partial charge in [-0.3, -0.25) is 9.79 Å². The second-order valence-corrected chi connectivity index (χ2v) is 7.41. The first-order valence-electron chi connectivity index (χ1n) is 10.3. The molecular weight excluding hydrogens is 465 g/mol. The lowest BCUT2D eigenvalue weighted by atomic mass is 10.2. The number of guanidine groups is 1. The smallest absolute Gasteiger partial charge is 0.222 e. The van der Waals surface area contributed by atoms with Crippen molar-refractivity contribution in [2.75, 3.05) is 44.2 Å². The summed E-state index contributed by atoms with van der Waals surface area (Å²) in [6.45, 7) is 9.59. The molecule has 0 saturated carbocycles. The summed E-state index contributed by atoms with van der Waals surface area (Å²) in [5.41, 5.74) is 2.79. The lowest BCUT2D eigenvalue weighted by Gasteiger charge is -2.26. The summed E-state index contributed by atoms with van der Waals surface area (Å²) < 4.78 is 0. The zero-order chi connectivity index (χ0) is 19.1. The van der Waals surface area contributed by atoms with E-state index in [4.69, 9.17) is 4.99 Å². The third-order valence-corrected chi connectivity index (χ3v) is 5.38. The van der Waals surface area contributed by atoms with Crippen molar-refractivity contribution in [1.82, 2.24) is 15.5 Å². The Bertz CT molecular complexity index is 666. The lowest BCUT2D eigenvalue weighted by molar-refractivity contribution is -0.127. The van der Waals surface area contributed by atoms with E-state index in [1.807, 2.05) is 4.90 Å². The van der Waals surface area contributed by atoms with Gasteiger partial charge < -0.3 is 20.4 Å². The monoisotopic (exact) mass is 499 g/mol. The normalized spacial score (nSPS) is 17.4. The van der Waals surface area contributed by atoms with Crippen molar-refractivity contribution >= 4 is 41.5 Å². The molecule has 1 fully saturated rings. The molecule has 2 aliphatic heterocycles. The van der Waals surface area contributed by atoms with E-state index < -0.39 is 0 Å². The van der Waals surface area contributed by atoms with Gasteiger partial charge in [-0.15, -0.1) is 24.0 Å². The fourth-order valence-electron chi connectivity index (χ4n) is 3.90. The molecule has 1 aromatic rings. The summed E-state index contributed by atoms with van der Waals surface area (Å²) in [6, 6.07) is 9.04. The van der Waals surface area contributed by atoms with E-state index >= 15 is 0 Å². The molecule has 0 radical (unpaired) electrons. The van der Waals surface area contributed by atoms with Crippen LogP contribution >= 0.6 is 24.0 Å². The number of aliphatic imine (C=N–C) groups is 1. The number of nitrogens with zero attached hydrogens (tertiary/aromatic N) is 3. The number of carbonyl (C=O) groups is 1. The molecule has 1 atom stereocenters. The zero-order valence-corrected chi connectivity index (χ0v) is 19.4. The minimum Gasteiger partial charge on any atom is -0.366 e. The second-order valence-electron chi connectivity index (χ2n) is 7.41. The predicted molar refractivity (Wildman–Crippen MR) is 127 cm³/mol. The van der Waals surface area contributed by atoms with Crippen LogP contribution in [0, 0.1) is 0 Å². The molecule has 2 aliphatic rings. The third-order valence-electron chi connectivity index (χ3n) is 5.38.